The molecule has 1 N–H and O–H groups in total. The zero-order valence-electron chi connectivity index (χ0n) is 12.4. The number of hydrogen-bond donors (Lipinski definition) is 1. The van der Waals surface area contributed by atoms with Crippen molar-refractivity contribution < 1.29 is 9.15 Å². The lowest BCUT2D eigenvalue weighted by molar-refractivity contribution is 0.307. The quantitative estimate of drug-likeness (QED) is 0.574. The lowest BCUT2D eigenvalue weighted by Gasteiger charge is -2.09. The maximum absolute atomic E-state index is 12.2. The molecule has 0 atom stereocenters. The number of aromatic nitrogens is 4. The molecule has 1 aromatic carbocycles. The van der Waals surface area contributed by atoms with Gasteiger partial charge in [0.05, 0.1) is 6.61 Å². The van der Waals surface area contributed by atoms with Crippen LogP contribution in [0.4, 0.5) is 0 Å². The summed E-state index contributed by atoms with van der Waals surface area (Å²) in [4.78, 5) is 12.2. The van der Waals surface area contributed by atoms with E-state index in [1.807, 2.05) is 19.1 Å². The molecular formula is C15H16N4O3. The molecule has 0 aliphatic heterocycles. The molecule has 0 aliphatic carbocycles. The Morgan fingerprint density at radius 1 is 1.32 bits per heavy atom. The van der Waals surface area contributed by atoms with Crippen LogP contribution in [0.15, 0.2) is 27.4 Å². The van der Waals surface area contributed by atoms with Crippen LogP contribution in [0.2, 0.25) is 0 Å². The minimum atomic E-state index is -0.516. The average molecular weight is 300 g/mol. The Morgan fingerprint density at radius 3 is 2.91 bits per heavy atom. The maximum atomic E-state index is 12.2. The highest BCUT2D eigenvalue weighted by atomic mass is 16.5. The number of nitrogens with one attached hydrogen (secondary N) is 1. The summed E-state index contributed by atoms with van der Waals surface area (Å²) in [7, 11) is 0. The van der Waals surface area contributed by atoms with Crippen LogP contribution in [0, 0.1) is 6.92 Å². The van der Waals surface area contributed by atoms with E-state index in [0.717, 1.165) is 23.8 Å². The van der Waals surface area contributed by atoms with Gasteiger partial charge >= 0.3 is 5.63 Å². The number of benzene rings is 1. The first-order chi connectivity index (χ1) is 10.7. The molecule has 114 valence electrons. The standard InChI is InChI=1S/C15H16N4O3/c1-3-4-5-21-12-7-9(2)6-10-8-11(14-16-18-19-17-14)15(20)22-13(10)12/h6-8H,3-5H2,1-2H3,(H,16,17,18,19). The predicted octanol–water partition coefficient (Wildman–Crippen LogP) is 2.46. The Kier molecular flexibility index (Phi) is 3.86. The Morgan fingerprint density at radius 2 is 2.18 bits per heavy atom. The van der Waals surface area contributed by atoms with Crippen molar-refractivity contribution in [2.24, 2.45) is 0 Å². The van der Waals surface area contributed by atoms with E-state index in [2.05, 4.69) is 27.5 Å². The summed E-state index contributed by atoms with van der Waals surface area (Å²) in [5.41, 5.74) is 1.22. The fourth-order valence-corrected chi connectivity index (χ4v) is 2.21. The lowest BCUT2D eigenvalue weighted by atomic mass is 10.1. The molecule has 0 saturated heterocycles. The average Bonchev–Trinajstić information content (AvgIpc) is 3.01. The van der Waals surface area contributed by atoms with Crippen LogP contribution in [0.3, 0.4) is 0 Å². The van der Waals surface area contributed by atoms with Gasteiger partial charge in [0.15, 0.2) is 11.3 Å². The highest BCUT2D eigenvalue weighted by molar-refractivity contribution is 5.86. The van der Waals surface area contributed by atoms with Gasteiger partial charge in [-0.05, 0) is 42.3 Å². The van der Waals surface area contributed by atoms with Crippen LogP contribution in [0.1, 0.15) is 25.3 Å². The van der Waals surface area contributed by atoms with Crippen molar-refractivity contribution in [1.82, 2.24) is 20.6 Å². The Bertz CT molecular complexity index is 840. The van der Waals surface area contributed by atoms with Crippen molar-refractivity contribution in [2.45, 2.75) is 26.7 Å². The van der Waals surface area contributed by atoms with Gasteiger partial charge < -0.3 is 9.15 Å². The molecule has 7 heteroatoms. The molecule has 3 aromatic rings. The van der Waals surface area contributed by atoms with Crippen LogP contribution in [0.25, 0.3) is 22.4 Å². The summed E-state index contributed by atoms with van der Waals surface area (Å²) in [6.07, 6.45) is 1.98. The monoisotopic (exact) mass is 300 g/mol. The van der Waals surface area contributed by atoms with Crippen molar-refractivity contribution >= 4 is 11.0 Å². The minimum Gasteiger partial charge on any atom is -0.490 e. The molecule has 0 radical (unpaired) electrons. The Balaban J connectivity index is 2.11. The first-order valence-electron chi connectivity index (χ1n) is 7.14. The van der Waals surface area contributed by atoms with E-state index in [1.165, 1.54) is 0 Å². The second-order valence-electron chi connectivity index (χ2n) is 5.07. The van der Waals surface area contributed by atoms with E-state index in [1.54, 1.807) is 6.07 Å². The van der Waals surface area contributed by atoms with Crippen molar-refractivity contribution in [2.75, 3.05) is 6.61 Å². The summed E-state index contributed by atoms with van der Waals surface area (Å²) in [5, 5.41) is 14.2. The van der Waals surface area contributed by atoms with E-state index in [0.29, 0.717) is 17.9 Å². The zero-order valence-corrected chi connectivity index (χ0v) is 12.4. The van der Waals surface area contributed by atoms with Gasteiger partial charge in [-0.1, -0.05) is 13.3 Å². The summed E-state index contributed by atoms with van der Waals surface area (Å²) in [6, 6.07) is 5.50. The number of rotatable bonds is 5. The lowest BCUT2D eigenvalue weighted by Crippen LogP contribution is -2.05. The minimum absolute atomic E-state index is 0.214. The molecule has 2 aromatic heterocycles. The van der Waals surface area contributed by atoms with Crippen LogP contribution >= 0.6 is 0 Å². The smallest absolute Gasteiger partial charge is 0.347 e. The fraction of sp³-hybridized carbons (Fsp3) is 0.333. The van der Waals surface area contributed by atoms with Gasteiger partial charge in [-0.3, -0.25) is 0 Å². The predicted molar refractivity (Wildman–Crippen MR) is 80.8 cm³/mol. The third-order valence-electron chi connectivity index (χ3n) is 3.28. The Hall–Kier alpha value is -2.70. The maximum Gasteiger partial charge on any atom is 0.347 e. The normalized spacial score (nSPS) is 11.0. The SMILES string of the molecule is CCCCOc1cc(C)cc2cc(-c3nn[nH]n3)c(=O)oc12. The first-order valence-corrected chi connectivity index (χ1v) is 7.14. The van der Waals surface area contributed by atoms with E-state index >= 15 is 0 Å². The zero-order chi connectivity index (χ0) is 15.5. The molecule has 22 heavy (non-hydrogen) atoms. The van der Waals surface area contributed by atoms with Crippen molar-refractivity contribution in [1.29, 1.82) is 0 Å². The molecule has 0 fully saturated rings. The number of tetrazole rings is 1. The highest BCUT2D eigenvalue weighted by Crippen LogP contribution is 2.28. The molecule has 3 rings (SSSR count). The molecule has 0 unspecified atom stereocenters. The third kappa shape index (κ3) is 2.69. The largest absolute Gasteiger partial charge is 0.490 e. The number of aryl methyl sites for hydroxylation is 1. The van der Waals surface area contributed by atoms with Gasteiger partial charge in [-0.2, -0.15) is 5.21 Å². The van der Waals surface area contributed by atoms with Crippen molar-refractivity contribution in [3.8, 4) is 17.1 Å². The van der Waals surface area contributed by atoms with Crippen LogP contribution in [-0.2, 0) is 0 Å². The van der Waals surface area contributed by atoms with Crippen LogP contribution in [-0.4, -0.2) is 27.2 Å². The van der Waals surface area contributed by atoms with Gasteiger partial charge in [-0.15, -0.1) is 10.2 Å². The van der Waals surface area contributed by atoms with E-state index < -0.39 is 5.63 Å². The first kappa shape index (κ1) is 14.2. The summed E-state index contributed by atoms with van der Waals surface area (Å²) in [5.74, 6) is 0.797. The topological polar surface area (TPSA) is 93.9 Å². The number of nitrogens with zero attached hydrogens (tertiary/aromatic N) is 3. The molecule has 0 aliphatic rings. The number of ether oxygens (including phenoxy) is 1. The third-order valence-corrected chi connectivity index (χ3v) is 3.28. The number of aromatic amines is 1. The number of H-pyrrole nitrogens is 1. The molecule has 7 nitrogen and oxygen atoms in total. The number of unbranched alkanes of at least 4 members (excludes halogenated alkanes) is 1. The molecule has 0 spiro atoms. The molecule has 2 heterocycles. The van der Waals surface area contributed by atoms with Gasteiger partial charge in [0.2, 0.25) is 5.82 Å². The second-order valence-corrected chi connectivity index (χ2v) is 5.07. The number of hydrogen-bond acceptors (Lipinski definition) is 6. The Labute approximate surface area is 126 Å². The van der Waals surface area contributed by atoms with E-state index in [9.17, 15) is 4.79 Å². The molecule has 0 saturated carbocycles. The molecular weight excluding hydrogens is 284 g/mol. The fourth-order valence-electron chi connectivity index (χ4n) is 2.21. The van der Waals surface area contributed by atoms with Crippen LogP contribution in [0.5, 0.6) is 5.75 Å². The van der Waals surface area contributed by atoms with E-state index in [-0.39, 0.29) is 11.4 Å². The second kappa shape index (κ2) is 5.97. The molecule has 0 amide bonds. The van der Waals surface area contributed by atoms with E-state index in [4.69, 9.17) is 9.15 Å². The summed E-state index contributed by atoms with van der Waals surface area (Å²) >= 11 is 0. The van der Waals surface area contributed by atoms with Crippen molar-refractivity contribution in [3.63, 3.8) is 0 Å². The van der Waals surface area contributed by atoms with Crippen LogP contribution < -0.4 is 10.4 Å². The molecule has 0 bridgehead atoms. The van der Waals surface area contributed by atoms with Crippen molar-refractivity contribution in [3.05, 3.63) is 34.2 Å². The summed E-state index contributed by atoms with van der Waals surface area (Å²) in [6.45, 7) is 4.64. The van der Waals surface area contributed by atoms with Gasteiger partial charge in [0, 0.05) is 5.39 Å². The number of fused-ring (bicyclic) bond motifs is 1. The van der Waals surface area contributed by atoms with Gasteiger partial charge in [0.1, 0.15) is 5.56 Å². The summed E-state index contributed by atoms with van der Waals surface area (Å²) < 4.78 is 11.2. The highest BCUT2D eigenvalue weighted by Gasteiger charge is 2.14. The van der Waals surface area contributed by atoms with Gasteiger partial charge in [-0.25, -0.2) is 4.79 Å². The van der Waals surface area contributed by atoms with Gasteiger partial charge in [0.25, 0.3) is 0 Å².